The quantitative estimate of drug-likeness (QED) is 0.867. The van der Waals surface area contributed by atoms with Crippen LogP contribution in [0, 0.1) is 0 Å². The number of ether oxygens (including phenoxy) is 1. The lowest BCUT2D eigenvalue weighted by Crippen LogP contribution is -2.31. The van der Waals surface area contributed by atoms with Gasteiger partial charge in [-0.25, -0.2) is 4.79 Å². The summed E-state index contributed by atoms with van der Waals surface area (Å²) in [5.74, 6) is -0.978. The van der Waals surface area contributed by atoms with E-state index in [-0.39, 0.29) is 5.78 Å². The van der Waals surface area contributed by atoms with E-state index in [1.807, 2.05) is 38.1 Å². The first-order chi connectivity index (χ1) is 10.9. The molecule has 1 N–H and O–H groups in total. The van der Waals surface area contributed by atoms with Gasteiger partial charge >= 0.3 is 5.97 Å². The van der Waals surface area contributed by atoms with Crippen LogP contribution in [0.15, 0.2) is 53.4 Å². The number of allylic oxidation sites excluding steroid dienone is 3. The van der Waals surface area contributed by atoms with E-state index in [1.165, 1.54) is 14.0 Å². The maximum Gasteiger partial charge on any atom is 0.336 e. The number of hydrogen-bond acceptors (Lipinski definition) is 4. The molecule has 0 bridgehead atoms. The van der Waals surface area contributed by atoms with Crippen molar-refractivity contribution in [2.75, 3.05) is 7.11 Å². The van der Waals surface area contributed by atoms with Gasteiger partial charge in [0.2, 0.25) is 0 Å². The van der Waals surface area contributed by atoms with Gasteiger partial charge in [0, 0.05) is 22.9 Å². The molecule has 0 spiro atoms. The summed E-state index contributed by atoms with van der Waals surface area (Å²) in [6.07, 6.45) is 1.73. The number of methoxy groups -OCH3 is 1. The van der Waals surface area contributed by atoms with Crippen molar-refractivity contribution < 1.29 is 14.3 Å². The highest BCUT2D eigenvalue weighted by atomic mass is 16.5. The van der Waals surface area contributed by atoms with E-state index in [1.54, 1.807) is 6.08 Å². The second-order valence-corrected chi connectivity index (χ2v) is 5.52. The maximum absolute atomic E-state index is 12.4. The van der Waals surface area contributed by atoms with Crippen molar-refractivity contribution in [1.82, 2.24) is 5.32 Å². The molecular formula is C19H21NO3. The SMILES string of the molecule is C=Cc1ccccc1C1C(C(C)=O)=C(C)NC(C)=C1C(=O)OC. The molecule has 1 aliphatic rings. The Balaban J connectivity index is 2.77. The lowest BCUT2D eigenvalue weighted by molar-refractivity contribution is -0.136. The van der Waals surface area contributed by atoms with Crippen LogP contribution in [0.2, 0.25) is 0 Å². The Bertz CT molecular complexity index is 741. The highest BCUT2D eigenvalue weighted by molar-refractivity contribution is 6.02. The van der Waals surface area contributed by atoms with Gasteiger partial charge in [-0.15, -0.1) is 0 Å². The second-order valence-electron chi connectivity index (χ2n) is 5.52. The molecule has 1 aliphatic heterocycles. The number of rotatable bonds is 4. The molecule has 0 aromatic heterocycles. The maximum atomic E-state index is 12.4. The zero-order valence-corrected chi connectivity index (χ0v) is 13.9. The van der Waals surface area contributed by atoms with Crippen LogP contribution in [0.25, 0.3) is 6.08 Å². The van der Waals surface area contributed by atoms with E-state index in [4.69, 9.17) is 4.74 Å². The first kappa shape index (κ1) is 16.7. The molecule has 120 valence electrons. The summed E-state index contributed by atoms with van der Waals surface area (Å²) in [5, 5.41) is 3.12. The Hall–Kier alpha value is -2.62. The summed E-state index contributed by atoms with van der Waals surface area (Å²) in [5.41, 5.74) is 4.24. The first-order valence-electron chi connectivity index (χ1n) is 7.41. The average molecular weight is 311 g/mol. The highest BCUT2D eigenvalue weighted by Gasteiger charge is 2.36. The third kappa shape index (κ3) is 2.97. The van der Waals surface area contributed by atoms with E-state index in [0.29, 0.717) is 16.8 Å². The molecule has 4 nitrogen and oxygen atoms in total. The van der Waals surface area contributed by atoms with Gasteiger partial charge in [0.25, 0.3) is 0 Å². The van der Waals surface area contributed by atoms with E-state index >= 15 is 0 Å². The molecule has 0 saturated carbocycles. The minimum Gasteiger partial charge on any atom is -0.466 e. The molecule has 1 aromatic rings. The zero-order valence-electron chi connectivity index (χ0n) is 13.9. The van der Waals surface area contributed by atoms with Gasteiger partial charge < -0.3 is 10.1 Å². The number of benzene rings is 1. The van der Waals surface area contributed by atoms with Crippen LogP contribution >= 0.6 is 0 Å². The predicted molar refractivity (Wildman–Crippen MR) is 90.5 cm³/mol. The minimum absolute atomic E-state index is 0.0761. The van der Waals surface area contributed by atoms with Crippen molar-refractivity contribution in [3.05, 3.63) is 64.5 Å². The van der Waals surface area contributed by atoms with Crippen molar-refractivity contribution in [2.45, 2.75) is 26.7 Å². The van der Waals surface area contributed by atoms with Crippen molar-refractivity contribution in [2.24, 2.45) is 0 Å². The topological polar surface area (TPSA) is 55.4 Å². The number of esters is 1. The lowest BCUT2D eigenvalue weighted by atomic mass is 9.77. The Morgan fingerprint density at radius 2 is 1.78 bits per heavy atom. The van der Waals surface area contributed by atoms with Gasteiger partial charge in [-0.1, -0.05) is 36.9 Å². The number of nitrogens with one attached hydrogen (secondary N) is 1. The predicted octanol–water partition coefficient (Wildman–Crippen LogP) is 3.33. The fraction of sp³-hybridized carbons (Fsp3) is 0.263. The van der Waals surface area contributed by atoms with E-state index in [2.05, 4.69) is 11.9 Å². The van der Waals surface area contributed by atoms with Gasteiger partial charge in [0.05, 0.1) is 12.7 Å². The minimum atomic E-state index is -0.463. The van der Waals surface area contributed by atoms with Crippen LogP contribution < -0.4 is 5.32 Å². The summed E-state index contributed by atoms with van der Waals surface area (Å²) < 4.78 is 4.95. The van der Waals surface area contributed by atoms with Crippen LogP contribution in [0.5, 0.6) is 0 Å². The number of Topliss-reactive ketones (excluding diaryl/α,β-unsaturated/α-hetero) is 1. The molecule has 1 unspecified atom stereocenters. The monoisotopic (exact) mass is 311 g/mol. The van der Waals surface area contributed by atoms with E-state index in [0.717, 1.165) is 16.8 Å². The fourth-order valence-corrected chi connectivity index (χ4v) is 3.11. The number of carbonyl (C=O) groups excluding carboxylic acids is 2. The Kier molecular flexibility index (Phi) is 4.84. The molecule has 23 heavy (non-hydrogen) atoms. The summed E-state index contributed by atoms with van der Waals surface area (Å²) in [6.45, 7) is 9.01. The summed E-state index contributed by atoms with van der Waals surface area (Å²) in [4.78, 5) is 24.6. The molecule has 0 saturated heterocycles. The average Bonchev–Trinajstić information content (AvgIpc) is 2.52. The third-order valence-corrected chi connectivity index (χ3v) is 4.07. The summed E-state index contributed by atoms with van der Waals surface area (Å²) >= 11 is 0. The largest absolute Gasteiger partial charge is 0.466 e. The van der Waals surface area contributed by atoms with Crippen molar-refractivity contribution in [3.8, 4) is 0 Å². The second kappa shape index (κ2) is 6.65. The lowest BCUT2D eigenvalue weighted by Gasteiger charge is -2.31. The molecule has 0 fully saturated rings. The Morgan fingerprint density at radius 3 is 2.35 bits per heavy atom. The zero-order chi connectivity index (χ0) is 17.1. The molecule has 4 heteroatoms. The summed E-state index contributed by atoms with van der Waals surface area (Å²) in [7, 11) is 1.34. The Morgan fingerprint density at radius 1 is 1.17 bits per heavy atom. The molecule has 0 amide bonds. The van der Waals surface area contributed by atoms with Crippen LogP contribution in [-0.2, 0) is 14.3 Å². The van der Waals surface area contributed by atoms with Crippen LogP contribution in [0.4, 0.5) is 0 Å². The number of dihydropyridines is 1. The molecule has 0 aliphatic carbocycles. The number of carbonyl (C=O) groups is 2. The fourth-order valence-electron chi connectivity index (χ4n) is 3.11. The molecule has 2 rings (SSSR count). The summed E-state index contributed by atoms with van der Waals surface area (Å²) in [6, 6.07) is 7.63. The Labute approximate surface area is 136 Å². The van der Waals surface area contributed by atoms with Crippen molar-refractivity contribution in [3.63, 3.8) is 0 Å². The molecule has 1 atom stereocenters. The molecular weight excluding hydrogens is 290 g/mol. The smallest absolute Gasteiger partial charge is 0.336 e. The molecule has 0 radical (unpaired) electrons. The molecule has 1 aromatic carbocycles. The molecule has 1 heterocycles. The highest BCUT2D eigenvalue weighted by Crippen LogP contribution is 2.40. The number of hydrogen-bond donors (Lipinski definition) is 1. The van der Waals surface area contributed by atoms with Gasteiger partial charge in [0.1, 0.15) is 0 Å². The van der Waals surface area contributed by atoms with Crippen molar-refractivity contribution >= 4 is 17.8 Å². The van der Waals surface area contributed by atoms with Crippen LogP contribution in [0.1, 0.15) is 37.8 Å². The van der Waals surface area contributed by atoms with Crippen LogP contribution in [-0.4, -0.2) is 18.9 Å². The van der Waals surface area contributed by atoms with Crippen LogP contribution in [0.3, 0.4) is 0 Å². The van der Waals surface area contributed by atoms with Crippen molar-refractivity contribution in [1.29, 1.82) is 0 Å². The first-order valence-corrected chi connectivity index (χ1v) is 7.41. The van der Waals surface area contributed by atoms with Gasteiger partial charge in [-0.05, 0) is 31.9 Å². The normalized spacial score (nSPS) is 17.7. The van der Waals surface area contributed by atoms with Gasteiger partial charge in [-0.3, -0.25) is 4.79 Å². The number of ketones is 1. The van der Waals surface area contributed by atoms with E-state index in [9.17, 15) is 9.59 Å². The van der Waals surface area contributed by atoms with Gasteiger partial charge in [-0.2, -0.15) is 0 Å². The third-order valence-electron chi connectivity index (χ3n) is 4.07. The van der Waals surface area contributed by atoms with E-state index < -0.39 is 11.9 Å². The standard InChI is InChI=1S/C19H21NO3/c1-6-14-9-7-8-10-15(14)18-16(13(4)21)11(2)20-12(3)17(18)19(22)23-5/h6-10,18,20H,1H2,2-5H3. The van der Waals surface area contributed by atoms with Gasteiger partial charge in [0.15, 0.2) is 5.78 Å².